The third kappa shape index (κ3) is 2.66. The molecule has 120 valence electrons. The molecule has 1 fully saturated rings. The molecule has 0 bridgehead atoms. The molecule has 1 amide bonds. The molecule has 3 heterocycles. The summed E-state index contributed by atoms with van der Waals surface area (Å²) in [5, 5.41) is 12.0. The molecule has 5 heteroatoms. The van der Waals surface area contributed by atoms with Crippen LogP contribution in [0.25, 0.3) is 0 Å². The molecule has 2 aliphatic heterocycles. The summed E-state index contributed by atoms with van der Waals surface area (Å²) in [6.45, 7) is 3.22. The monoisotopic (exact) mass is 318 g/mol. The Morgan fingerprint density at radius 2 is 2.08 bits per heavy atom. The van der Waals surface area contributed by atoms with Crippen LogP contribution >= 0.6 is 0 Å². The van der Waals surface area contributed by atoms with Crippen LogP contribution < -0.4 is 5.32 Å². The van der Waals surface area contributed by atoms with Gasteiger partial charge >= 0.3 is 0 Å². The molecular formula is C19H18N4O. The zero-order valence-electron chi connectivity index (χ0n) is 13.3. The number of fused-ring (bicyclic) bond motifs is 1. The van der Waals surface area contributed by atoms with Gasteiger partial charge < -0.3 is 5.32 Å². The number of carbonyl (C=O) groups excluding carboxylic acids is 1. The van der Waals surface area contributed by atoms with Crippen LogP contribution in [0.2, 0.25) is 0 Å². The molecule has 24 heavy (non-hydrogen) atoms. The van der Waals surface area contributed by atoms with Crippen LogP contribution in [-0.2, 0) is 11.3 Å². The quantitative estimate of drug-likeness (QED) is 0.944. The van der Waals surface area contributed by atoms with Gasteiger partial charge in [-0.05, 0) is 61.3 Å². The van der Waals surface area contributed by atoms with E-state index < -0.39 is 5.92 Å². The first kappa shape index (κ1) is 14.9. The van der Waals surface area contributed by atoms with Gasteiger partial charge in [0.25, 0.3) is 0 Å². The number of hydrogen-bond acceptors (Lipinski definition) is 4. The first-order valence-electron chi connectivity index (χ1n) is 8.27. The maximum atomic E-state index is 12.4. The largest absolute Gasteiger partial charge is 0.325 e. The lowest BCUT2D eigenvalue weighted by Gasteiger charge is -2.15. The number of nitrogens with zero attached hydrogens (tertiary/aromatic N) is 3. The van der Waals surface area contributed by atoms with Crippen LogP contribution in [0.5, 0.6) is 0 Å². The normalized spacial score (nSPS) is 19.8. The predicted octanol–water partition coefficient (Wildman–Crippen LogP) is 2.63. The Hall–Kier alpha value is -2.71. The SMILES string of the molecule is N#Cc1ccc2c(c1)C(c1ccc(CN3CCCC3)cn1)C(=O)N2. The lowest BCUT2D eigenvalue weighted by molar-refractivity contribution is -0.116. The standard InChI is InChI=1S/C19H18N4O/c20-10-13-3-5-16-15(9-13)18(19(24)22-16)17-6-4-14(11-21-17)12-23-7-1-2-8-23/h3-6,9,11,18H,1-2,7-8,12H2,(H,22,24). The number of aromatic nitrogens is 1. The minimum atomic E-state index is -0.436. The predicted molar refractivity (Wildman–Crippen MR) is 90.4 cm³/mol. The fourth-order valence-electron chi connectivity index (χ4n) is 3.52. The van der Waals surface area contributed by atoms with Crippen molar-refractivity contribution in [3.63, 3.8) is 0 Å². The number of hydrogen-bond donors (Lipinski definition) is 1. The van der Waals surface area contributed by atoms with Gasteiger partial charge in [-0.3, -0.25) is 14.7 Å². The summed E-state index contributed by atoms with van der Waals surface area (Å²) in [7, 11) is 0. The van der Waals surface area contributed by atoms with Crippen molar-refractivity contribution in [2.24, 2.45) is 0 Å². The number of rotatable bonds is 3. The summed E-state index contributed by atoms with van der Waals surface area (Å²) in [5.74, 6) is -0.519. The highest BCUT2D eigenvalue weighted by Crippen LogP contribution is 2.36. The molecule has 0 aliphatic carbocycles. The summed E-state index contributed by atoms with van der Waals surface area (Å²) in [5.41, 5.74) is 4.06. The van der Waals surface area contributed by atoms with E-state index in [1.165, 1.54) is 18.4 Å². The van der Waals surface area contributed by atoms with Crippen LogP contribution in [-0.4, -0.2) is 28.9 Å². The van der Waals surface area contributed by atoms with Crippen LogP contribution in [0.3, 0.4) is 0 Å². The maximum absolute atomic E-state index is 12.4. The molecule has 1 aromatic heterocycles. The summed E-state index contributed by atoms with van der Waals surface area (Å²) in [6.07, 6.45) is 4.41. The van der Waals surface area contributed by atoms with Crippen molar-refractivity contribution in [1.29, 1.82) is 5.26 Å². The Balaban J connectivity index is 1.60. The van der Waals surface area contributed by atoms with Gasteiger partial charge in [-0.2, -0.15) is 5.26 Å². The Morgan fingerprint density at radius 1 is 1.25 bits per heavy atom. The molecular weight excluding hydrogens is 300 g/mol. The van der Waals surface area contributed by atoms with Gasteiger partial charge in [-0.1, -0.05) is 6.07 Å². The summed E-state index contributed by atoms with van der Waals surface area (Å²) in [4.78, 5) is 19.3. The molecule has 2 aromatic rings. The number of nitriles is 1. The summed E-state index contributed by atoms with van der Waals surface area (Å²) < 4.78 is 0. The molecule has 1 unspecified atom stereocenters. The molecule has 0 radical (unpaired) electrons. The number of nitrogens with one attached hydrogen (secondary N) is 1. The fourth-order valence-corrected chi connectivity index (χ4v) is 3.52. The third-order valence-corrected chi connectivity index (χ3v) is 4.76. The van der Waals surface area contributed by atoms with E-state index >= 15 is 0 Å². The molecule has 2 aliphatic rings. The highest BCUT2D eigenvalue weighted by Gasteiger charge is 2.33. The van der Waals surface area contributed by atoms with Gasteiger partial charge in [0.2, 0.25) is 5.91 Å². The van der Waals surface area contributed by atoms with Crippen molar-refractivity contribution in [2.45, 2.75) is 25.3 Å². The van der Waals surface area contributed by atoms with Crippen LogP contribution in [0.1, 0.15) is 41.1 Å². The maximum Gasteiger partial charge on any atom is 0.238 e. The molecule has 1 atom stereocenters. The Labute approximate surface area is 140 Å². The van der Waals surface area contributed by atoms with Crippen molar-refractivity contribution < 1.29 is 4.79 Å². The van der Waals surface area contributed by atoms with E-state index in [1.54, 1.807) is 18.2 Å². The number of carbonyl (C=O) groups is 1. The summed E-state index contributed by atoms with van der Waals surface area (Å²) >= 11 is 0. The third-order valence-electron chi connectivity index (χ3n) is 4.76. The molecule has 5 nitrogen and oxygen atoms in total. The number of amides is 1. The molecule has 0 spiro atoms. The van der Waals surface area contributed by atoms with Gasteiger partial charge in [0, 0.05) is 18.4 Å². The Bertz CT molecular complexity index is 816. The molecule has 1 saturated heterocycles. The highest BCUT2D eigenvalue weighted by molar-refractivity contribution is 6.04. The first-order chi connectivity index (χ1) is 11.7. The second kappa shape index (κ2) is 6.06. The summed E-state index contributed by atoms with van der Waals surface area (Å²) in [6, 6.07) is 11.4. The number of likely N-dealkylation sites (tertiary alicyclic amines) is 1. The van der Waals surface area contributed by atoms with Gasteiger partial charge in [0.1, 0.15) is 5.92 Å². The number of anilines is 1. The van der Waals surface area contributed by atoms with Crippen molar-refractivity contribution in [3.05, 3.63) is 58.9 Å². The molecule has 0 saturated carbocycles. The van der Waals surface area contributed by atoms with E-state index in [4.69, 9.17) is 5.26 Å². The Kier molecular flexibility index (Phi) is 3.75. The lowest BCUT2D eigenvalue weighted by atomic mass is 9.95. The minimum Gasteiger partial charge on any atom is -0.325 e. The van der Waals surface area contributed by atoms with Gasteiger partial charge in [0.05, 0.1) is 17.3 Å². The van der Waals surface area contributed by atoms with Crippen molar-refractivity contribution in [1.82, 2.24) is 9.88 Å². The van der Waals surface area contributed by atoms with Gasteiger partial charge in [-0.25, -0.2) is 0 Å². The average Bonchev–Trinajstić information content (AvgIpc) is 3.22. The van der Waals surface area contributed by atoms with Crippen LogP contribution in [0.15, 0.2) is 36.5 Å². The topological polar surface area (TPSA) is 69.0 Å². The first-order valence-corrected chi connectivity index (χ1v) is 8.27. The zero-order chi connectivity index (χ0) is 16.5. The molecule has 4 rings (SSSR count). The second-order valence-corrected chi connectivity index (χ2v) is 6.41. The van der Waals surface area contributed by atoms with Crippen LogP contribution in [0.4, 0.5) is 5.69 Å². The van der Waals surface area contributed by atoms with Gasteiger partial charge in [0.15, 0.2) is 0 Å². The lowest BCUT2D eigenvalue weighted by Crippen LogP contribution is -2.19. The van der Waals surface area contributed by atoms with Crippen molar-refractivity contribution in [3.8, 4) is 6.07 Å². The van der Waals surface area contributed by atoms with E-state index in [0.29, 0.717) is 5.56 Å². The van der Waals surface area contributed by atoms with E-state index in [0.717, 1.165) is 36.6 Å². The van der Waals surface area contributed by atoms with Crippen molar-refractivity contribution >= 4 is 11.6 Å². The van der Waals surface area contributed by atoms with Crippen LogP contribution in [0, 0.1) is 11.3 Å². The van der Waals surface area contributed by atoms with Crippen molar-refractivity contribution in [2.75, 3.05) is 18.4 Å². The zero-order valence-corrected chi connectivity index (χ0v) is 13.3. The minimum absolute atomic E-state index is 0.0834. The van der Waals surface area contributed by atoms with Gasteiger partial charge in [-0.15, -0.1) is 0 Å². The Morgan fingerprint density at radius 3 is 2.79 bits per heavy atom. The second-order valence-electron chi connectivity index (χ2n) is 6.41. The number of pyridine rings is 1. The molecule has 1 aromatic carbocycles. The van der Waals surface area contributed by atoms with E-state index in [1.807, 2.05) is 12.3 Å². The number of benzene rings is 1. The van der Waals surface area contributed by atoms with E-state index in [-0.39, 0.29) is 5.91 Å². The molecule has 1 N–H and O–H groups in total. The average molecular weight is 318 g/mol. The van der Waals surface area contributed by atoms with E-state index in [9.17, 15) is 4.79 Å². The highest BCUT2D eigenvalue weighted by atomic mass is 16.2. The fraction of sp³-hybridized carbons (Fsp3) is 0.316. The van der Waals surface area contributed by atoms with E-state index in [2.05, 4.69) is 27.3 Å². The smallest absolute Gasteiger partial charge is 0.238 e.